The summed E-state index contributed by atoms with van der Waals surface area (Å²) in [5.41, 5.74) is 10.6. The molecule has 5 nitrogen and oxygen atoms in total. The third kappa shape index (κ3) is 2.50. The van der Waals surface area contributed by atoms with Crippen LogP contribution in [0.1, 0.15) is 56.0 Å². The maximum atomic E-state index is 6.39. The van der Waals surface area contributed by atoms with E-state index in [9.17, 15) is 0 Å². The Labute approximate surface area is 126 Å². The molecule has 5 heteroatoms. The van der Waals surface area contributed by atoms with Crippen LogP contribution in [0.4, 0.5) is 0 Å². The second-order valence-electron chi connectivity index (χ2n) is 6.96. The number of aryl methyl sites for hydroxylation is 2. The second kappa shape index (κ2) is 4.98. The molecule has 0 aliphatic heterocycles. The minimum atomic E-state index is 0.146. The second-order valence-corrected chi connectivity index (χ2v) is 6.96. The van der Waals surface area contributed by atoms with Crippen LogP contribution >= 0.6 is 0 Å². The summed E-state index contributed by atoms with van der Waals surface area (Å²) in [5, 5.41) is 8.30. The maximum absolute atomic E-state index is 6.39. The number of hydrogen-bond donors (Lipinski definition) is 1. The normalized spacial score (nSPS) is 20.5. The Morgan fingerprint density at radius 2 is 2.19 bits per heavy atom. The van der Waals surface area contributed by atoms with Crippen LogP contribution in [0.5, 0.6) is 0 Å². The van der Waals surface area contributed by atoms with Gasteiger partial charge in [-0.15, -0.1) is 10.2 Å². The highest BCUT2D eigenvalue weighted by molar-refractivity contribution is 5.34. The fourth-order valence-electron chi connectivity index (χ4n) is 3.53. The van der Waals surface area contributed by atoms with Crippen LogP contribution in [-0.2, 0) is 19.5 Å². The lowest BCUT2D eigenvalue weighted by Gasteiger charge is -2.34. The molecule has 0 saturated carbocycles. The molecule has 0 aromatic carbocycles. The smallest absolute Gasteiger partial charge is 0.152 e. The molecule has 114 valence electrons. The quantitative estimate of drug-likeness (QED) is 0.943. The topological polar surface area (TPSA) is 61.7 Å². The van der Waals surface area contributed by atoms with Gasteiger partial charge in [0.2, 0.25) is 0 Å². The van der Waals surface area contributed by atoms with Gasteiger partial charge in [0, 0.05) is 24.0 Å². The first kappa shape index (κ1) is 14.3. The largest absolute Gasteiger partial charge is 0.341 e. The van der Waals surface area contributed by atoms with Crippen molar-refractivity contribution in [1.29, 1.82) is 0 Å². The number of nitrogens with two attached hydrogens (primary N) is 1. The van der Waals surface area contributed by atoms with E-state index in [2.05, 4.69) is 53.1 Å². The third-order valence-corrected chi connectivity index (χ3v) is 4.60. The van der Waals surface area contributed by atoms with Crippen molar-refractivity contribution in [1.82, 2.24) is 19.3 Å². The van der Waals surface area contributed by atoms with Crippen LogP contribution in [0, 0.1) is 12.3 Å². The summed E-state index contributed by atoms with van der Waals surface area (Å²) in [6, 6.07) is 2.40. The molecule has 2 aromatic heterocycles. The Kier molecular flexibility index (Phi) is 3.40. The van der Waals surface area contributed by atoms with Crippen molar-refractivity contribution in [3.63, 3.8) is 0 Å². The van der Waals surface area contributed by atoms with E-state index < -0.39 is 0 Å². The lowest BCUT2D eigenvalue weighted by molar-refractivity contribution is 0.275. The molecule has 0 bridgehead atoms. The Morgan fingerprint density at radius 1 is 1.43 bits per heavy atom. The molecule has 0 fully saturated rings. The third-order valence-electron chi connectivity index (χ3n) is 4.60. The molecule has 3 rings (SSSR count). The van der Waals surface area contributed by atoms with E-state index in [1.165, 1.54) is 17.0 Å². The highest BCUT2D eigenvalue weighted by Crippen LogP contribution is 2.41. The molecule has 0 spiro atoms. The predicted molar refractivity (Wildman–Crippen MR) is 83.0 cm³/mol. The molecule has 1 aliphatic rings. The predicted octanol–water partition coefficient (Wildman–Crippen LogP) is 2.43. The first-order chi connectivity index (χ1) is 9.91. The van der Waals surface area contributed by atoms with Gasteiger partial charge in [-0.2, -0.15) is 0 Å². The van der Waals surface area contributed by atoms with Crippen molar-refractivity contribution in [2.75, 3.05) is 0 Å². The van der Waals surface area contributed by atoms with Crippen LogP contribution in [-0.4, -0.2) is 19.3 Å². The fraction of sp³-hybridized carbons (Fsp3) is 0.625. The maximum Gasteiger partial charge on any atom is 0.152 e. The molecule has 2 N–H and O–H groups in total. The van der Waals surface area contributed by atoms with E-state index >= 15 is 0 Å². The molecule has 1 unspecified atom stereocenters. The summed E-state index contributed by atoms with van der Waals surface area (Å²) in [6.07, 6.45) is 3.93. The van der Waals surface area contributed by atoms with Gasteiger partial charge in [0.25, 0.3) is 0 Å². The summed E-state index contributed by atoms with van der Waals surface area (Å²) in [5.74, 6) is 1.01. The van der Waals surface area contributed by atoms with Crippen LogP contribution in [0.3, 0.4) is 0 Å². The first-order valence-electron chi connectivity index (χ1n) is 7.72. The lowest BCUT2D eigenvalue weighted by Crippen LogP contribution is -2.30. The highest BCUT2D eigenvalue weighted by atomic mass is 15.3. The average molecular weight is 287 g/mol. The van der Waals surface area contributed by atoms with Crippen LogP contribution in [0.2, 0.25) is 0 Å². The first-order valence-corrected chi connectivity index (χ1v) is 7.72. The number of rotatable bonds is 3. The van der Waals surface area contributed by atoms with Gasteiger partial charge < -0.3 is 14.9 Å². The minimum Gasteiger partial charge on any atom is -0.341 e. The van der Waals surface area contributed by atoms with Gasteiger partial charge in [-0.3, -0.25) is 0 Å². The standard InChI is InChI=1S/C16H25N5/c1-5-20-10-18-19-15(20)9-21-11(2)6-12-13(17)7-16(3,4)8-14(12)21/h6,10,13H,5,7-9,17H2,1-4H3. The molecule has 1 atom stereocenters. The lowest BCUT2D eigenvalue weighted by atomic mass is 9.74. The van der Waals surface area contributed by atoms with Gasteiger partial charge in [0.15, 0.2) is 5.82 Å². The monoisotopic (exact) mass is 287 g/mol. The van der Waals surface area contributed by atoms with Gasteiger partial charge in [-0.05, 0) is 43.7 Å². The summed E-state index contributed by atoms with van der Waals surface area (Å²) in [7, 11) is 0. The Bertz CT molecular complexity index is 650. The average Bonchev–Trinajstić information content (AvgIpc) is 2.96. The van der Waals surface area contributed by atoms with Crippen LogP contribution < -0.4 is 5.73 Å². The van der Waals surface area contributed by atoms with E-state index in [1.54, 1.807) is 6.33 Å². The number of nitrogens with zero attached hydrogens (tertiary/aromatic N) is 4. The molecule has 0 radical (unpaired) electrons. The SMILES string of the molecule is CCn1cnnc1Cn1c(C)cc2c1CC(C)(C)CC2N. The molecule has 2 aromatic rings. The fourth-order valence-corrected chi connectivity index (χ4v) is 3.53. The van der Waals surface area contributed by atoms with Gasteiger partial charge in [0.1, 0.15) is 6.33 Å². The summed E-state index contributed by atoms with van der Waals surface area (Å²) in [6.45, 7) is 10.6. The number of aromatic nitrogens is 4. The van der Waals surface area contributed by atoms with Crippen LogP contribution in [0.15, 0.2) is 12.4 Å². The van der Waals surface area contributed by atoms with Crippen molar-refractivity contribution in [3.8, 4) is 0 Å². The Morgan fingerprint density at radius 3 is 2.90 bits per heavy atom. The zero-order valence-electron chi connectivity index (χ0n) is 13.4. The Hall–Kier alpha value is -1.62. The van der Waals surface area contributed by atoms with Gasteiger partial charge in [0.05, 0.1) is 6.54 Å². The summed E-state index contributed by atoms with van der Waals surface area (Å²) in [4.78, 5) is 0. The van der Waals surface area contributed by atoms with E-state index in [1.807, 2.05) is 0 Å². The molecular formula is C16H25N5. The van der Waals surface area contributed by atoms with Crippen molar-refractivity contribution in [2.45, 2.75) is 59.7 Å². The highest BCUT2D eigenvalue weighted by Gasteiger charge is 2.33. The summed E-state index contributed by atoms with van der Waals surface area (Å²) < 4.78 is 4.46. The molecule has 0 amide bonds. The van der Waals surface area contributed by atoms with Crippen molar-refractivity contribution < 1.29 is 0 Å². The van der Waals surface area contributed by atoms with E-state index in [-0.39, 0.29) is 11.5 Å². The van der Waals surface area contributed by atoms with Crippen molar-refractivity contribution >= 4 is 0 Å². The molecule has 21 heavy (non-hydrogen) atoms. The van der Waals surface area contributed by atoms with E-state index in [4.69, 9.17) is 5.73 Å². The molecule has 2 heterocycles. The minimum absolute atomic E-state index is 0.146. The summed E-state index contributed by atoms with van der Waals surface area (Å²) >= 11 is 0. The van der Waals surface area contributed by atoms with Gasteiger partial charge in [-0.1, -0.05) is 13.8 Å². The van der Waals surface area contributed by atoms with Crippen LogP contribution in [0.25, 0.3) is 0 Å². The van der Waals surface area contributed by atoms with Gasteiger partial charge >= 0.3 is 0 Å². The molecule has 1 aliphatic carbocycles. The van der Waals surface area contributed by atoms with E-state index in [0.717, 1.165) is 31.8 Å². The Balaban J connectivity index is 2.01. The van der Waals surface area contributed by atoms with Crippen molar-refractivity contribution in [2.24, 2.45) is 11.1 Å². The number of hydrogen-bond acceptors (Lipinski definition) is 3. The molecule has 0 saturated heterocycles. The zero-order valence-corrected chi connectivity index (χ0v) is 13.4. The van der Waals surface area contributed by atoms with Gasteiger partial charge in [-0.25, -0.2) is 0 Å². The van der Waals surface area contributed by atoms with Crippen molar-refractivity contribution in [3.05, 3.63) is 35.2 Å². The number of fused-ring (bicyclic) bond motifs is 1. The molecular weight excluding hydrogens is 262 g/mol. The zero-order chi connectivity index (χ0) is 15.2. The van der Waals surface area contributed by atoms with E-state index in [0.29, 0.717) is 0 Å².